The Morgan fingerprint density at radius 3 is 2.53 bits per heavy atom. The highest BCUT2D eigenvalue weighted by Gasteiger charge is 2.15. The highest BCUT2D eigenvalue weighted by Crippen LogP contribution is 2.20. The largest absolute Gasteiger partial charge is 0.307 e. The number of pyridine rings is 1. The number of aromatic nitrogens is 1. The van der Waals surface area contributed by atoms with E-state index in [-0.39, 0.29) is 0 Å². The molecule has 1 atom stereocenters. The molecule has 0 bridgehead atoms. The third kappa shape index (κ3) is 3.03. The molecular formula is C13H20N2. The van der Waals surface area contributed by atoms with Crippen LogP contribution in [0.3, 0.4) is 0 Å². The van der Waals surface area contributed by atoms with Crippen LogP contribution in [0.5, 0.6) is 0 Å². The first-order valence-corrected chi connectivity index (χ1v) is 6.02. The van der Waals surface area contributed by atoms with E-state index in [9.17, 15) is 0 Å². The van der Waals surface area contributed by atoms with Gasteiger partial charge in [-0.1, -0.05) is 19.3 Å². The predicted molar refractivity (Wildman–Crippen MR) is 62.7 cm³/mol. The summed E-state index contributed by atoms with van der Waals surface area (Å²) in [5.41, 5.74) is 1.34. The predicted octanol–water partition coefficient (Wildman–Crippen LogP) is 3.06. The lowest BCUT2D eigenvalue weighted by atomic mass is 9.94. The summed E-state index contributed by atoms with van der Waals surface area (Å²) in [7, 11) is 0. The fourth-order valence-electron chi connectivity index (χ4n) is 2.37. The molecule has 0 unspecified atom stereocenters. The van der Waals surface area contributed by atoms with Crippen molar-refractivity contribution >= 4 is 0 Å². The zero-order chi connectivity index (χ0) is 10.5. The second-order valence-corrected chi connectivity index (χ2v) is 4.50. The van der Waals surface area contributed by atoms with Crippen molar-refractivity contribution in [2.45, 2.75) is 51.1 Å². The van der Waals surface area contributed by atoms with Crippen molar-refractivity contribution in [2.75, 3.05) is 0 Å². The first-order chi connectivity index (χ1) is 7.36. The van der Waals surface area contributed by atoms with E-state index in [1.807, 2.05) is 12.4 Å². The Morgan fingerprint density at radius 2 is 1.87 bits per heavy atom. The van der Waals surface area contributed by atoms with E-state index in [4.69, 9.17) is 0 Å². The van der Waals surface area contributed by atoms with Crippen LogP contribution in [0.15, 0.2) is 24.5 Å². The van der Waals surface area contributed by atoms with Gasteiger partial charge in [-0.05, 0) is 37.5 Å². The van der Waals surface area contributed by atoms with Crippen molar-refractivity contribution in [3.05, 3.63) is 30.1 Å². The molecule has 0 spiro atoms. The van der Waals surface area contributed by atoms with Crippen molar-refractivity contribution in [1.82, 2.24) is 10.3 Å². The van der Waals surface area contributed by atoms with Crippen LogP contribution in [-0.4, -0.2) is 11.0 Å². The summed E-state index contributed by atoms with van der Waals surface area (Å²) in [6.07, 6.45) is 10.6. The van der Waals surface area contributed by atoms with E-state index in [1.165, 1.54) is 37.7 Å². The molecular weight excluding hydrogens is 184 g/mol. The van der Waals surface area contributed by atoms with Crippen LogP contribution >= 0.6 is 0 Å². The van der Waals surface area contributed by atoms with Gasteiger partial charge in [0, 0.05) is 24.5 Å². The Bertz CT molecular complexity index is 278. The smallest absolute Gasteiger partial charge is 0.0295 e. The average molecular weight is 204 g/mol. The molecule has 1 saturated carbocycles. The average Bonchev–Trinajstić information content (AvgIpc) is 2.31. The molecule has 1 N–H and O–H groups in total. The van der Waals surface area contributed by atoms with Crippen LogP contribution < -0.4 is 5.32 Å². The zero-order valence-electron chi connectivity index (χ0n) is 9.45. The highest BCUT2D eigenvalue weighted by molar-refractivity contribution is 5.14. The molecule has 2 heteroatoms. The lowest BCUT2D eigenvalue weighted by Gasteiger charge is -2.26. The summed E-state index contributed by atoms with van der Waals surface area (Å²) in [6, 6.07) is 5.37. The summed E-state index contributed by atoms with van der Waals surface area (Å²) in [5.74, 6) is 0. The van der Waals surface area contributed by atoms with Crippen LogP contribution in [0.2, 0.25) is 0 Å². The maximum atomic E-state index is 4.05. The zero-order valence-corrected chi connectivity index (χ0v) is 9.45. The summed E-state index contributed by atoms with van der Waals surface area (Å²) in [4.78, 5) is 4.05. The van der Waals surface area contributed by atoms with Gasteiger partial charge >= 0.3 is 0 Å². The summed E-state index contributed by atoms with van der Waals surface area (Å²) in [5, 5.41) is 3.71. The molecule has 15 heavy (non-hydrogen) atoms. The summed E-state index contributed by atoms with van der Waals surface area (Å²) in [6.45, 7) is 2.24. The minimum Gasteiger partial charge on any atom is -0.307 e. The Balaban J connectivity index is 1.88. The van der Waals surface area contributed by atoms with E-state index >= 15 is 0 Å². The number of hydrogen-bond donors (Lipinski definition) is 1. The number of hydrogen-bond acceptors (Lipinski definition) is 2. The lowest BCUT2D eigenvalue weighted by molar-refractivity contribution is 0.347. The molecule has 1 fully saturated rings. The lowest BCUT2D eigenvalue weighted by Crippen LogP contribution is -2.33. The first kappa shape index (κ1) is 10.6. The molecule has 1 heterocycles. The minimum atomic E-state index is 0.455. The van der Waals surface area contributed by atoms with Crippen molar-refractivity contribution < 1.29 is 0 Å². The fourth-order valence-corrected chi connectivity index (χ4v) is 2.37. The molecule has 0 aliphatic heterocycles. The van der Waals surface area contributed by atoms with Crippen LogP contribution in [0.1, 0.15) is 50.6 Å². The molecule has 0 aromatic carbocycles. The van der Waals surface area contributed by atoms with Gasteiger partial charge in [-0.2, -0.15) is 0 Å². The van der Waals surface area contributed by atoms with Crippen molar-refractivity contribution in [3.63, 3.8) is 0 Å². The molecule has 0 saturated heterocycles. The van der Waals surface area contributed by atoms with E-state index in [0.717, 1.165) is 6.04 Å². The second-order valence-electron chi connectivity index (χ2n) is 4.50. The molecule has 1 aliphatic rings. The van der Waals surface area contributed by atoms with Gasteiger partial charge in [0.1, 0.15) is 0 Å². The maximum Gasteiger partial charge on any atom is 0.0295 e. The molecule has 1 aliphatic carbocycles. The van der Waals surface area contributed by atoms with Crippen LogP contribution in [0, 0.1) is 0 Å². The van der Waals surface area contributed by atoms with Gasteiger partial charge in [0.15, 0.2) is 0 Å². The third-order valence-corrected chi connectivity index (χ3v) is 3.30. The first-order valence-electron chi connectivity index (χ1n) is 6.02. The molecule has 2 rings (SSSR count). The highest BCUT2D eigenvalue weighted by atomic mass is 14.9. The Hall–Kier alpha value is -0.890. The van der Waals surface area contributed by atoms with E-state index in [2.05, 4.69) is 29.4 Å². The van der Waals surface area contributed by atoms with Crippen molar-refractivity contribution in [2.24, 2.45) is 0 Å². The molecule has 1 aromatic rings. The quantitative estimate of drug-likeness (QED) is 0.818. The van der Waals surface area contributed by atoms with Crippen molar-refractivity contribution in [3.8, 4) is 0 Å². The van der Waals surface area contributed by atoms with E-state index in [0.29, 0.717) is 6.04 Å². The molecule has 2 nitrogen and oxygen atoms in total. The van der Waals surface area contributed by atoms with Gasteiger partial charge in [-0.3, -0.25) is 4.98 Å². The molecule has 82 valence electrons. The van der Waals surface area contributed by atoms with Gasteiger partial charge in [0.2, 0.25) is 0 Å². The van der Waals surface area contributed by atoms with E-state index < -0.39 is 0 Å². The van der Waals surface area contributed by atoms with Crippen LogP contribution in [-0.2, 0) is 0 Å². The van der Waals surface area contributed by atoms with Crippen molar-refractivity contribution in [1.29, 1.82) is 0 Å². The van der Waals surface area contributed by atoms with Crippen LogP contribution in [0.25, 0.3) is 0 Å². The summed E-state index contributed by atoms with van der Waals surface area (Å²) < 4.78 is 0. The minimum absolute atomic E-state index is 0.455. The Labute approximate surface area is 92.1 Å². The van der Waals surface area contributed by atoms with Crippen LogP contribution in [0.4, 0.5) is 0 Å². The molecule has 0 radical (unpaired) electrons. The normalized spacial score (nSPS) is 20.1. The Kier molecular flexibility index (Phi) is 3.73. The third-order valence-electron chi connectivity index (χ3n) is 3.30. The maximum absolute atomic E-state index is 4.05. The number of rotatable bonds is 3. The van der Waals surface area contributed by atoms with Gasteiger partial charge in [0.05, 0.1) is 0 Å². The van der Waals surface area contributed by atoms with Gasteiger partial charge in [-0.25, -0.2) is 0 Å². The molecule has 1 aromatic heterocycles. The topological polar surface area (TPSA) is 24.9 Å². The van der Waals surface area contributed by atoms with E-state index in [1.54, 1.807) is 0 Å². The number of nitrogens with zero attached hydrogens (tertiary/aromatic N) is 1. The second kappa shape index (κ2) is 5.26. The summed E-state index contributed by atoms with van der Waals surface area (Å²) >= 11 is 0. The standard InChI is InChI=1S/C13H20N2/c1-11(12-7-9-14-10-8-12)15-13-5-3-2-4-6-13/h7-11,13,15H,2-6H2,1H3/t11-/m0/s1. The Morgan fingerprint density at radius 1 is 1.20 bits per heavy atom. The number of nitrogens with one attached hydrogen (secondary N) is 1. The molecule has 0 amide bonds. The fraction of sp³-hybridized carbons (Fsp3) is 0.615. The monoisotopic (exact) mass is 204 g/mol. The van der Waals surface area contributed by atoms with Gasteiger partial charge in [-0.15, -0.1) is 0 Å². The SMILES string of the molecule is C[C@H](NC1CCCCC1)c1ccncc1. The van der Waals surface area contributed by atoms with Gasteiger partial charge in [0.25, 0.3) is 0 Å². The van der Waals surface area contributed by atoms with Gasteiger partial charge < -0.3 is 5.32 Å².